The van der Waals surface area contributed by atoms with Gasteiger partial charge in [0.1, 0.15) is 32.1 Å². The number of amides is 4. The molecule has 0 radical (unpaired) electrons. The summed E-state index contributed by atoms with van der Waals surface area (Å²) >= 11 is 3.96. The van der Waals surface area contributed by atoms with Gasteiger partial charge in [0, 0.05) is 6.42 Å². The van der Waals surface area contributed by atoms with Gasteiger partial charge in [-0.05, 0) is 27.7 Å². The molecule has 0 bridgehead atoms. The maximum Gasteiger partial charge on any atom is 0.308 e. The predicted octanol–water partition coefficient (Wildman–Crippen LogP) is -1.59. The molecule has 0 aliphatic heterocycles. The highest BCUT2D eigenvalue weighted by Gasteiger charge is 2.32. The zero-order valence-corrected chi connectivity index (χ0v) is 20.1. The average Bonchev–Trinajstić information content (AvgIpc) is 2.75. The average molecular weight is 491 g/mol. The minimum absolute atomic E-state index is 0.0385. The molecule has 13 heteroatoms. The van der Waals surface area contributed by atoms with Crippen LogP contribution in [0.5, 0.6) is 0 Å². The van der Waals surface area contributed by atoms with Crippen LogP contribution in [0.4, 0.5) is 0 Å². The van der Waals surface area contributed by atoms with E-state index in [2.05, 4.69) is 33.9 Å². The van der Waals surface area contributed by atoms with Crippen LogP contribution in [0.3, 0.4) is 0 Å². The molecule has 186 valence electrons. The Morgan fingerprint density at radius 2 is 1.48 bits per heavy atom. The van der Waals surface area contributed by atoms with Crippen LogP contribution in [0.1, 0.15) is 48.8 Å². The fraction of sp³-hybridized carbons (Fsp3) is 0.650. The van der Waals surface area contributed by atoms with E-state index < -0.39 is 77.8 Å². The molecule has 6 atom stereocenters. The van der Waals surface area contributed by atoms with Gasteiger partial charge in [-0.2, -0.15) is 12.6 Å². The molecule has 0 aliphatic carbocycles. The number of esters is 1. The number of nitrogens with one attached hydrogen (secondary N) is 4. The Kier molecular flexibility index (Phi) is 12.7. The van der Waals surface area contributed by atoms with Crippen LogP contribution in [0.15, 0.2) is 0 Å². The van der Waals surface area contributed by atoms with Crippen LogP contribution in [0.2, 0.25) is 0 Å². The summed E-state index contributed by atoms with van der Waals surface area (Å²) in [6.07, 6.45) is -2.45. The Hall–Kier alpha value is -2.96. The Balaban J connectivity index is 5.51. The van der Waals surface area contributed by atoms with Gasteiger partial charge in [-0.25, -0.2) is 0 Å². The van der Waals surface area contributed by atoms with Gasteiger partial charge in [0.05, 0.1) is 23.8 Å². The third-order valence-corrected chi connectivity index (χ3v) is 4.43. The molecule has 0 aliphatic rings. The lowest BCUT2D eigenvalue weighted by molar-refractivity contribution is -0.154. The van der Waals surface area contributed by atoms with E-state index in [1.165, 1.54) is 27.7 Å². The van der Waals surface area contributed by atoms with Crippen molar-refractivity contribution >= 4 is 54.8 Å². The van der Waals surface area contributed by atoms with Crippen molar-refractivity contribution in [2.45, 2.75) is 83.0 Å². The monoisotopic (exact) mass is 490 g/mol. The molecule has 0 heterocycles. The van der Waals surface area contributed by atoms with E-state index in [0.717, 1.165) is 0 Å². The Bertz CT molecular complexity index is 795. The van der Waals surface area contributed by atoms with E-state index in [-0.39, 0.29) is 6.42 Å². The second-order valence-corrected chi connectivity index (χ2v) is 8.09. The maximum absolute atomic E-state index is 12.5. The van der Waals surface area contributed by atoms with E-state index in [4.69, 9.17) is 6.11 Å². The molecule has 0 rings (SSSR count). The first-order valence-corrected chi connectivity index (χ1v) is 10.8. The van der Waals surface area contributed by atoms with Gasteiger partial charge in [0.15, 0.2) is 0 Å². The van der Waals surface area contributed by atoms with Crippen molar-refractivity contribution in [3.05, 3.63) is 0 Å². The highest BCUT2D eigenvalue weighted by Crippen LogP contribution is 2.07. The lowest BCUT2D eigenvalue weighted by Crippen LogP contribution is -2.55. The van der Waals surface area contributed by atoms with Crippen molar-refractivity contribution < 1.29 is 39.7 Å². The Labute approximate surface area is 199 Å². The molecule has 33 heavy (non-hydrogen) atoms. The van der Waals surface area contributed by atoms with E-state index >= 15 is 0 Å². The van der Waals surface area contributed by atoms with Crippen LogP contribution in [0.25, 0.3) is 0 Å². The van der Waals surface area contributed by atoms with E-state index in [1.54, 1.807) is 6.92 Å². The van der Waals surface area contributed by atoms with E-state index in [9.17, 15) is 33.6 Å². The van der Waals surface area contributed by atoms with Crippen molar-refractivity contribution in [2.24, 2.45) is 0 Å². The number of hydrogen-bond donors (Lipinski definition) is 5. The molecule has 0 aromatic carbocycles. The van der Waals surface area contributed by atoms with Gasteiger partial charge in [-0.3, -0.25) is 24.0 Å². The summed E-state index contributed by atoms with van der Waals surface area (Å²) in [6.45, 7) is 6.98. The van der Waals surface area contributed by atoms with E-state index in [1.807, 2.05) is 0 Å². The summed E-state index contributed by atoms with van der Waals surface area (Å²) in [7, 11) is 0. The smallest absolute Gasteiger partial charge is 0.308 e. The van der Waals surface area contributed by atoms with Gasteiger partial charge in [-0.15, -0.1) is 0 Å². The molecule has 0 aromatic rings. The molecule has 0 spiro atoms. The minimum atomic E-state index is -1.46. The van der Waals surface area contributed by atoms with Gasteiger partial charge >= 0.3 is 5.97 Å². The Morgan fingerprint density at radius 3 is 1.97 bits per heavy atom. The van der Waals surface area contributed by atoms with Crippen LogP contribution in [-0.4, -0.2) is 77.7 Å². The third-order valence-electron chi connectivity index (χ3n) is 4.20. The molecule has 4 amide bonds. The van der Waals surface area contributed by atoms with Gasteiger partial charge < -0.3 is 35.6 Å². The van der Waals surface area contributed by atoms with Crippen molar-refractivity contribution in [3.63, 3.8) is 0 Å². The highest BCUT2D eigenvalue weighted by atomic mass is 32.1. The molecule has 0 saturated carbocycles. The number of hydrogen-bond acceptors (Lipinski definition) is 9. The normalized spacial score (nSPS) is 16.4. The summed E-state index contributed by atoms with van der Waals surface area (Å²) in [4.78, 5) is 83.2. The summed E-state index contributed by atoms with van der Waals surface area (Å²) in [5.41, 5.74) is 0. The number of carbonyl (C=O) groups is 7. The topological polar surface area (TPSA) is 177 Å². The molecular weight excluding hydrogens is 456 g/mol. The first-order valence-electron chi connectivity index (χ1n) is 10.8. The lowest BCUT2D eigenvalue weighted by atomic mass is 10.1. The van der Waals surface area contributed by atoms with Crippen molar-refractivity contribution in [3.8, 4) is 0 Å². The molecule has 12 nitrogen and oxygen atoms in total. The van der Waals surface area contributed by atoms with E-state index in [0.29, 0.717) is 6.29 Å². The number of thiol groups is 1. The summed E-state index contributed by atoms with van der Waals surface area (Å²) in [6, 6.07) is -4.84. The molecule has 0 aromatic heterocycles. The first kappa shape index (κ1) is 28.1. The van der Waals surface area contributed by atoms with Crippen molar-refractivity contribution in [2.75, 3.05) is 0 Å². The second-order valence-electron chi connectivity index (χ2n) is 7.32. The SMILES string of the molecule is [3H]C(=O)C(C)NC(=O)C(CC(=O)OC(C)C(NC(=O)CC)C(=O)NC(C)C=O)NC(=O)C(C)S. The van der Waals surface area contributed by atoms with Crippen LogP contribution < -0.4 is 21.3 Å². The summed E-state index contributed by atoms with van der Waals surface area (Å²) < 4.78 is 12.3. The van der Waals surface area contributed by atoms with Crippen LogP contribution in [0, 0.1) is 0 Å². The predicted molar refractivity (Wildman–Crippen MR) is 120 cm³/mol. The standard InChI is InChI=1S/C20H32N4O8S/c1-6-15(27)24-17(20(31)22-11(3)9-26)12(4)32-16(28)7-14(23-18(29)13(5)33)19(30)21-10(2)8-25/h8-14,17,33H,6-7H2,1-5H3,(H,21,30)(H,22,31)(H,23,29)(H,24,27)/i8T. The highest BCUT2D eigenvalue weighted by molar-refractivity contribution is 7.81. The van der Waals surface area contributed by atoms with Gasteiger partial charge in [0.2, 0.25) is 23.6 Å². The largest absolute Gasteiger partial charge is 0.460 e. The number of carbonyl (C=O) groups excluding carboxylic acids is 7. The first-order chi connectivity index (χ1) is 15.7. The van der Waals surface area contributed by atoms with Gasteiger partial charge in [-0.1, -0.05) is 6.92 Å². The number of ether oxygens (including phenoxy) is 1. The fourth-order valence-electron chi connectivity index (χ4n) is 2.35. The Morgan fingerprint density at radius 1 is 0.909 bits per heavy atom. The molecular formula is C20H32N4O8S. The maximum atomic E-state index is 12.5. The third kappa shape index (κ3) is 11.5. The quantitative estimate of drug-likeness (QED) is 0.110. The minimum Gasteiger partial charge on any atom is -0.460 e. The molecule has 0 saturated heterocycles. The van der Waals surface area contributed by atoms with Crippen molar-refractivity contribution in [1.29, 1.82) is 0 Å². The zero-order valence-electron chi connectivity index (χ0n) is 20.2. The van der Waals surface area contributed by atoms with Gasteiger partial charge in [0.25, 0.3) is 0 Å². The van der Waals surface area contributed by atoms with Crippen LogP contribution in [-0.2, 0) is 38.3 Å². The summed E-state index contributed by atoms with van der Waals surface area (Å²) in [5, 5.41) is 8.44. The number of rotatable bonds is 14. The lowest BCUT2D eigenvalue weighted by Gasteiger charge is -2.26. The second kappa shape index (κ2) is 15.0. The molecule has 4 N–H and O–H groups in total. The summed E-state index contributed by atoms with van der Waals surface area (Å²) in [5.74, 6) is -3.87. The molecule has 6 unspecified atom stereocenters. The van der Waals surface area contributed by atoms with Crippen LogP contribution >= 0.6 is 12.6 Å². The number of aldehydes is 2. The molecule has 0 fully saturated rings. The fourth-order valence-corrected chi connectivity index (χ4v) is 2.43. The van der Waals surface area contributed by atoms with Crippen molar-refractivity contribution in [1.82, 2.24) is 21.3 Å². The zero-order chi connectivity index (χ0) is 26.6.